The lowest BCUT2D eigenvalue weighted by molar-refractivity contribution is 0.305. The van der Waals surface area contributed by atoms with E-state index in [4.69, 9.17) is 16.3 Å². The van der Waals surface area contributed by atoms with E-state index in [2.05, 4.69) is 10.3 Å². The number of rotatable bonds is 5. The first-order valence-electron chi connectivity index (χ1n) is 5.67. The lowest BCUT2D eigenvalue weighted by Crippen LogP contribution is -2.04. The van der Waals surface area contributed by atoms with Crippen LogP contribution in [0.25, 0.3) is 0 Å². The number of nitrogens with zero attached hydrogens (tertiary/aromatic N) is 1. The highest BCUT2D eigenvalue weighted by atomic mass is 35.5. The van der Waals surface area contributed by atoms with E-state index in [0.717, 1.165) is 23.0 Å². The largest absolute Gasteiger partial charge is 0.486 e. The van der Waals surface area contributed by atoms with Gasteiger partial charge in [-0.15, -0.1) is 11.3 Å². The molecule has 1 N–H and O–H groups in total. The van der Waals surface area contributed by atoms with Crippen molar-refractivity contribution in [1.29, 1.82) is 0 Å². The van der Waals surface area contributed by atoms with Gasteiger partial charge in [0, 0.05) is 16.4 Å². The molecule has 0 aliphatic rings. The van der Waals surface area contributed by atoms with Gasteiger partial charge in [-0.25, -0.2) is 4.98 Å². The number of halogens is 1. The standard InChI is InChI=1S/C13H15ClN2OS/c1-9-12(7-15-2)18-13(16-9)8-17-11-5-3-4-10(14)6-11/h3-6,15H,7-8H2,1-2H3. The number of ether oxygens (including phenoxy) is 1. The summed E-state index contributed by atoms with van der Waals surface area (Å²) in [6.07, 6.45) is 0. The third-order valence-corrected chi connectivity index (χ3v) is 3.80. The lowest BCUT2D eigenvalue weighted by Gasteiger charge is -2.03. The summed E-state index contributed by atoms with van der Waals surface area (Å²) in [5.74, 6) is 0.769. The van der Waals surface area contributed by atoms with E-state index in [1.165, 1.54) is 4.88 Å². The fraction of sp³-hybridized carbons (Fsp3) is 0.308. The zero-order valence-corrected chi connectivity index (χ0v) is 11.9. The normalized spacial score (nSPS) is 10.6. The quantitative estimate of drug-likeness (QED) is 0.913. The molecule has 0 atom stereocenters. The molecule has 0 unspecified atom stereocenters. The molecule has 18 heavy (non-hydrogen) atoms. The third-order valence-electron chi connectivity index (χ3n) is 2.43. The van der Waals surface area contributed by atoms with Crippen molar-refractivity contribution in [3.8, 4) is 5.75 Å². The van der Waals surface area contributed by atoms with Crippen LogP contribution in [-0.4, -0.2) is 12.0 Å². The molecule has 96 valence electrons. The molecule has 1 heterocycles. The second-order valence-corrected chi connectivity index (χ2v) is 5.50. The minimum atomic E-state index is 0.482. The van der Waals surface area contributed by atoms with Crippen LogP contribution in [0.1, 0.15) is 15.6 Å². The Balaban J connectivity index is 2.00. The van der Waals surface area contributed by atoms with Gasteiger partial charge in [-0.05, 0) is 32.2 Å². The SMILES string of the molecule is CNCc1sc(COc2cccc(Cl)c2)nc1C. The van der Waals surface area contributed by atoms with E-state index < -0.39 is 0 Å². The molecule has 0 radical (unpaired) electrons. The summed E-state index contributed by atoms with van der Waals surface area (Å²) in [7, 11) is 1.93. The van der Waals surface area contributed by atoms with Crippen molar-refractivity contribution in [1.82, 2.24) is 10.3 Å². The Morgan fingerprint density at radius 3 is 3.00 bits per heavy atom. The highest BCUT2D eigenvalue weighted by molar-refractivity contribution is 7.11. The third kappa shape index (κ3) is 3.45. The van der Waals surface area contributed by atoms with Crippen molar-refractivity contribution in [3.05, 3.63) is 44.9 Å². The predicted molar refractivity (Wildman–Crippen MR) is 75.4 cm³/mol. The van der Waals surface area contributed by atoms with Crippen LogP contribution >= 0.6 is 22.9 Å². The molecule has 3 nitrogen and oxygen atoms in total. The monoisotopic (exact) mass is 282 g/mol. The molecular weight excluding hydrogens is 268 g/mol. The maximum Gasteiger partial charge on any atom is 0.140 e. The fourth-order valence-electron chi connectivity index (χ4n) is 1.58. The first-order chi connectivity index (χ1) is 8.69. The summed E-state index contributed by atoms with van der Waals surface area (Å²) in [5.41, 5.74) is 1.07. The minimum absolute atomic E-state index is 0.482. The number of nitrogens with one attached hydrogen (secondary N) is 1. The van der Waals surface area contributed by atoms with Crippen molar-refractivity contribution >= 4 is 22.9 Å². The molecular formula is C13H15ClN2OS. The Morgan fingerprint density at radius 2 is 2.28 bits per heavy atom. The fourth-order valence-corrected chi connectivity index (χ4v) is 2.75. The maximum absolute atomic E-state index is 5.90. The van der Waals surface area contributed by atoms with Gasteiger partial charge in [-0.1, -0.05) is 17.7 Å². The van der Waals surface area contributed by atoms with Crippen LogP contribution in [0.4, 0.5) is 0 Å². The van der Waals surface area contributed by atoms with E-state index in [9.17, 15) is 0 Å². The number of thiazole rings is 1. The van der Waals surface area contributed by atoms with E-state index in [0.29, 0.717) is 11.6 Å². The van der Waals surface area contributed by atoms with Gasteiger partial charge in [0.25, 0.3) is 0 Å². The molecule has 0 aliphatic carbocycles. The van der Waals surface area contributed by atoms with Crippen LogP contribution < -0.4 is 10.1 Å². The highest BCUT2D eigenvalue weighted by Crippen LogP contribution is 2.21. The van der Waals surface area contributed by atoms with Crippen molar-refractivity contribution < 1.29 is 4.74 Å². The van der Waals surface area contributed by atoms with E-state index in [1.807, 2.05) is 32.2 Å². The first kappa shape index (κ1) is 13.3. The van der Waals surface area contributed by atoms with Crippen molar-refractivity contribution in [2.24, 2.45) is 0 Å². The lowest BCUT2D eigenvalue weighted by atomic mass is 10.3. The van der Waals surface area contributed by atoms with E-state index in [1.54, 1.807) is 17.4 Å². The molecule has 1 aromatic heterocycles. The Labute approximate surface area is 116 Å². The van der Waals surface area contributed by atoms with Gasteiger partial charge in [0.1, 0.15) is 17.4 Å². The van der Waals surface area contributed by atoms with Crippen LogP contribution in [0, 0.1) is 6.92 Å². The molecule has 2 aromatic rings. The van der Waals surface area contributed by atoms with Gasteiger partial charge >= 0.3 is 0 Å². The number of hydrogen-bond acceptors (Lipinski definition) is 4. The Bertz CT molecular complexity index is 527. The van der Waals surface area contributed by atoms with Crippen molar-refractivity contribution in [2.75, 3.05) is 7.05 Å². The van der Waals surface area contributed by atoms with Crippen LogP contribution in [0.5, 0.6) is 5.75 Å². The van der Waals surface area contributed by atoms with Crippen LogP contribution in [0.2, 0.25) is 5.02 Å². The van der Waals surface area contributed by atoms with Crippen molar-refractivity contribution in [3.63, 3.8) is 0 Å². The van der Waals surface area contributed by atoms with Crippen LogP contribution in [0.15, 0.2) is 24.3 Å². The average Bonchev–Trinajstić information content (AvgIpc) is 2.69. The number of aromatic nitrogens is 1. The second kappa shape index (κ2) is 6.18. The summed E-state index contributed by atoms with van der Waals surface area (Å²) in [6, 6.07) is 7.39. The topological polar surface area (TPSA) is 34.1 Å². The predicted octanol–water partition coefficient (Wildman–Crippen LogP) is 3.40. The zero-order chi connectivity index (χ0) is 13.0. The first-order valence-corrected chi connectivity index (χ1v) is 6.86. The van der Waals surface area contributed by atoms with E-state index >= 15 is 0 Å². The summed E-state index contributed by atoms with van der Waals surface area (Å²) in [4.78, 5) is 5.74. The average molecular weight is 283 g/mol. The van der Waals surface area contributed by atoms with Gasteiger partial charge in [-0.2, -0.15) is 0 Å². The van der Waals surface area contributed by atoms with Gasteiger partial charge < -0.3 is 10.1 Å². The Morgan fingerprint density at radius 1 is 1.44 bits per heavy atom. The number of benzene rings is 1. The smallest absolute Gasteiger partial charge is 0.140 e. The molecule has 0 amide bonds. The minimum Gasteiger partial charge on any atom is -0.486 e. The molecule has 0 saturated heterocycles. The Hall–Kier alpha value is -1.10. The summed E-state index contributed by atoms with van der Waals surface area (Å²) < 4.78 is 5.66. The molecule has 0 aliphatic heterocycles. The zero-order valence-electron chi connectivity index (χ0n) is 10.4. The van der Waals surface area contributed by atoms with Crippen LogP contribution in [0.3, 0.4) is 0 Å². The number of hydrogen-bond donors (Lipinski definition) is 1. The summed E-state index contributed by atoms with van der Waals surface area (Å²) in [5, 5.41) is 4.79. The highest BCUT2D eigenvalue weighted by Gasteiger charge is 2.07. The second-order valence-electron chi connectivity index (χ2n) is 3.89. The van der Waals surface area contributed by atoms with Crippen molar-refractivity contribution in [2.45, 2.75) is 20.1 Å². The molecule has 0 saturated carbocycles. The number of aryl methyl sites for hydroxylation is 1. The van der Waals surface area contributed by atoms with Gasteiger partial charge in [-0.3, -0.25) is 0 Å². The van der Waals surface area contributed by atoms with Crippen LogP contribution in [-0.2, 0) is 13.2 Å². The van der Waals surface area contributed by atoms with Gasteiger partial charge in [0.15, 0.2) is 0 Å². The van der Waals surface area contributed by atoms with Gasteiger partial charge in [0.2, 0.25) is 0 Å². The molecule has 0 bridgehead atoms. The molecule has 0 spiro atoms. The van der Waals surface area contributed by atoms with E-state index in [-0.39, 0.29) is 0 Å². The maximum atomic E-state index is 5.90. The summed E-state index contributed by atoms with van der Waals surface area (Å²) in [6.45, 7) is 3.35. The Kier molecular flexibility index (Phi) is 4.58. The van der Waals surface area contributed by atoms with Gasteiger partial charge in [0.05, 0.1) is 5.69 Å². The molecule has 1 aromatic carbocycles. The molecule has 2 rings (SSSR count). The molecule has 0 fully saturated rings. The molecule has 5 heteroatoms. The summed E-state index contributed by atoms with van der Waals surface area (Å²) >= 11 is 7.57.